The lowest BCUT2D eigenvalue weighted by atomic mass is 10.0. The summed E-state index contributed by atoms with van der Waals surface area (Å²) in [6.07, 6.45) is 4.02. The molecule has 0 aliphatic heterocycles. The number of ketones is 1. The number of halogens is 1. The predicted octanol–water partition coefficient (Wildman–Crippen LogP) is 6.42. The molecule has 0 saturated heterocycles. The molecule has 0 aliphatic rings. The molecule has 0 bridgehead atoms. The number of rotatable bonds is 18. The minimum Gasteiger partial charge on any atom is -0.460 e. The molecule has 2 aromatic rings. The topological polar surface area (TPSA) is 136 Å². The molecule has 0 spiro atoms. The molecule has 248 valence electrons. The van der Waals surface area contributed by atoms with Gasteiger partial charge in [-0.2, -0.15) is 10.5 Å². The highest BCUT2D eigenvalue weighted by atomic mass is 35.5. The van der Waals surface area contributed by atoms with E-state index in [1.807, 2.05) is 20.8 Å². The number of unbranched alkanes of at least 4 members (excludes halogenated alkanes) is 2. The van der Waals surface area contributed by atoms with Gasteiger partial charge in [-0.1, -0.05) is 24.0 Å². The number of benzene rings is 2. The van der Waals surface area contributed by atoms with Gasteiger partial charge in [0.2, 0.25) is 0 Å². The van der Waals surface area contributed by atoms with Crippen LogP contribution in [0.4, 0.5) is 0 Å². The van der Waals surface area contributed by atoms with Gasteiger partial charge in [0.15, 0.2) is 17.9 Å². The molecule has 0 amide bonds. The van der Waals surface area contributed by atoms with Gasteiger partial charge in [-0.25, -0.2) is 0 Å². The molecule has 0 aliphatic carbocycles. The number of nitriles is 2. The van der Waals surface area contributed by atoms with Crippen molar-refractivity contribution in [3.05, 3.63) is 70.8 Å². The first-order valence-corrected chi connectivity index (χ1v) is 15.6. The summed E-state index contributed by atoms with van der Waals surface area (Å²) in [5.74, 6) is 9.80. The van der Waals surface area contributed by atoms with Crippen molar-refractivity contribution in [1.82, 2.24) is 0 Å². The van der Waals surface area contributed by atoms with Crippen LogP contribution in [-0.2, 0) is 23.7 Å². The first-order valence-electron chi connectivity index (χ1n) is 15.2. The number of ether oxygens (including phenoxy) is 4. The second kappa shape index (κ2) is 24.7. The van der Waals surface area contributed by atoms with Crippen molar-refractivity contribution in [2.45, 2.75) is 64.9 Å². The van der Waals surface area contributed by atoms with Crippen molar-refractivity contribution in [2.24, 2.45) is 0 Å². The summed E-state index contributed by atoms with van der Waals surface area (Å²) in [6.45, 7) is 8.81. The molecule has 0 heterocycles. The molecule has 47 heavy (non-hydrogen) atoms. The van der Waals surface area contributed by atoms with E-state index in [0.29, 0.717) is 69.2 Å². The zero-order valence-electron chi connectivity index (χ0n) is 27.2. The average molecular weight is 661 g/mol. The van der Waals surface area contributed by atoms with Gasteiger partial charge < -0.3 is 18.9 Å². The second-order valence-electron chi connectivity index (χ2n) is 10.9. The molecule has 0 aromatic heterocycles. The summed E-state index contributed by atoms with van der Waals surface area (Å²) in [4.78, 5) is 34.4. The minimum absolute atomic E-state index is 0.0907. The Hall–Kier alpha value is -4.48. The SMILES string of the molecule is CC(C)(C)OC(=O)CCCCOCCOCCOCCCCC(=O)c1ccc(C#CC#N)cc1.N#CC#Cc1ccc(C(=O)Cl)cc1. The summed E-state index contributed by atoms with van der Waals surface area (Å²) in [5, 5.41) is 16.1. The number of carbonyl (C=O) groups is 3. The lowest BCUT2D eigenvalue weighted by molar-refractivity contribution is -0.155. The average Bonchev–Trinajstić information content (AvgIpc) is 3.04. The normalized spacial score (nSPS) is 10.0. The van der Waals surface area contributed by atoms with Crippen LogP contribution in [0.1, 0.15) is 91.1 Å². The Morgan fingerprint density at radius 2 is 1.06 bits per heavy atom. The Kier molecular flexibility index (Phi) is 21.3. The monoisotopic (exact) mass is 660 g/mol. The number of esters is 1. The second-order valence-corrected chi connectivity index (χ2v) is 11.3. The standard InChI is InChI=1S/C27H37NO6.C10H4ClNO/c1-27(2,3)34-26(30)11-5-7-18-32-20-22-33-21-19-31-17-6-4-10-25(29)24-14-12-23(13-15-24)9-8-16-28;11-10(13)9-5-3-8(4-6-9)2-1-7-12/h12-15H,4-7,10-11,17-22H2,1-3H3;3-6H. The smallest absolute Gasteiger partial charge is 0.306 e. The number of nitrogens with zero attached hydrogens (tertiary/aromatic N) is 2. The van der Waals surface area contributed by atoms with E-state index in [1.165, 1.54) is 0 Å². The Bertz CT molecular complexity index is 1460. The van der Waals surface area contributed by atoms with E-state index in [1.54, 1.807) is 60.7 Å². The summed E-state index contributed by atoms with van der Waals surface area (Å²) in [5.41, 5.74) is 2.04. The van der Waals surface area contributed by atoms with Crippen LogP contribution < -0.4 is 0 Å². The Labute approximate surface area is 283 Å². The molecule has 0 N–H and O–H groups in total. The van der Waals surface area contributed by atoms with E-state index in [9.17, 15) is 14.4 Å². The summed E-state index contributed by atoms with van der Waals surface area (Å²) < 4.78 is 21.7. The predicted molar refractivity (Wildman–Crippen MR) is 178 cm³/mol. The van der Waals surface area contributed by atoms with Crippen molar-refractivity contribution >= 4 is 28.6 Å². The van der Waals surface area contributed by atoms with Crippen LogP contribution in [0.15, 0.2) is 48.5 Å². The Balaban J connectivity index is 0.000000704. The Morgan fingerprint density at radius 1 is 0.638 bits per heavy atom. The van der Waals surface area contributed by atoms with Crippen molar-refractivity contribution in [2.75, 3.05) is 39.6 Å². The number of hydrogen-bond donors (Lipinski definition) is 0. The molecule has 0 atom stereocenters. The van der Waals surface area contributed by atoms with Crippen LogP contribution in [0.5, 0.6) is 0 Å². The molecule has 2 aromatic carbocycles. The van der Waals surface area contributed by atoms with Crippen molar-refractivity contribution in [3.63, 3.8) is 0 Å². The number of Topliss-reactive ketones (excluding diaryl/α,β-unsaturated/α-hetero) is 1. The largest absolute Gasteiger partial charge is 0.460 e. The zero-order chi connectivity index (χ0) is 34.8. The van der Waals surface area contributed by atoms with Gasteiger partial charge in [-0.05, 0) is 94.5 Å². The van der Waals surface area contributed by atoms with E-state index in [-0.39, 0.29) is 11.8 Å². The van der Waals surface area contributed by atoms with Crippen LogP contribution in [0.3, 0.4) is 0 Å². The molecule has 0 radical (unpaired) electrons. The molecular formula is C37H41ClN2O7. The highest BCUT2D eigenvalue weighted by molar-refractivity contribution is 6.67. The van der Waals surface area contributed by atoms with E-state index >= 15 is 0 Å². The van der Waals surface area contributed by atoms with Gasteiger partial charge in [0.05, 0.1) is 26.4 Å². The zero-order valence-corrected chi connectivity index (χ0v) is 28.0. The maximum absolute atomic E-state index is 12.2. The van der Waals surface area contributed by atoms with Crippen LogP contribution in [0.25, 0.3) is 0 Å². The van der Waals surface area contributed by atoms with Crippen LogP contribution in [-0.4, -0.2) is 62.2 Å². The molecule has 0 unspecified atom stereocenters. The third-order valence-electron chi connectivity index (χ3n) is 5.87. The van der Waals surface area contributed by atoms with Gasteiger partial charge in [0.1, 0.15) is 5.60 Å². The van der Waals surface area contributed by atoms with Crippen molar-refractivity contribution in [3.8, 4) is 35.8 Å². The van der Waals surface area contributed by atoms with E-state index in [2.05, 4.69) is 23.7 Å². The van der Waals surface area contributed by atoms with Crippen LogP contribution >= 0.6 is 11.6 Å². The molecule has 10 heteroatoms. The molecule has 0 fully saturated rings. The van der Waals surface area contributed by atoms with Crippen molar-refractivity contribution in [1.29, 1.82) is 10.5 Å². The lowest BCUT2D eigenvalue weighted by Crippen LogP contribution is -2.23. The Morgan fingerprint density at radius 3 is 1.49 bits per heavy atom. The van der Waals surface area contributed by atoms with Crippen molar-refractivity contribution < 1.29 is 33.3 Å². The maximum atomic E-state index is 12.2. The minimum atomic E-state index is -0.500. The van der Waals surface area contributed by atoms with E-state index in [0.717, 1.165) is 31.2 Å². The molecule has 0 saturated carbocycles. The lowest BCUT2D eigenvalue weighted by Gasteiger charge is -2.19. The van der Waals surface area contributed by atoms with Gasteiger partial charge in [0.25, 0.3) is 5.24 Å². The van der Waals surface area contributed by atoms with E-state index < -0.39 is 10.8 Å². The maximum Gasteiger partial charge on any atom is 0.306 e. The summed E-state index contributed by atoms with van der Waals surface area (Å²) in [6, 6.07) is 16.9. The third-order valence-corrected chi connectivity index (χ3v) is 6.09. The highest BCUT2D eigenvalue weighted by Gasteiger charge is 2.15. The fourth-order valence-corrected chi connectivity index (χ4v) is 3.79. The number of hydrogen-bond acceptors (Lipinski definition) is 9. The molecule has 2 rings (SSSR count). The fraction of sp³-hybridized carbons (Fsp3) is 0.432. The van der Waals surface area contributed by atoms with Crippen LogP contribution in [0, 0.1) is 46.3 Å². The quantitative estimate of drug-likeness (QED) is 0.0583. The summed E-state index contributed by atoms with van der Waals surface area (Å²) >= 11 is 5.23. The first kappa shape index (κ1) is 40.5. The van der Waals surface area contributed by atoms with Gasteiger partial charge in [-0.15, -0.1) is 0 Å². The molecule has 9 nitrogen and oxygen atoms in total. The fourth-order valence-electron chi connectivity index (χ4n) is 3.67. The highest BCUT2D eigenvalue weighted by Crippen LogP contribution is 2.11. The van der Waals surface area contributed by atoms with Gasteiger partial charge in [0, 0.05) is 60.2 Å². The van der Waals surface area contributed by atoms with E-state index in [4.69, 9.17) is 41.1 Å². The number of carbonyl (C=O) groups excluding carboxylic acids is 3. The van der Waals surface area contributed by atoms with Crippen LogP contribution in [0.2, 0.25) is 0 Å². The third kappa shape index (κ3) is 21.8. The summed E-state index contributed by atoms with van der Waals surface area (Å²) in [7, 11) is 0. The van der Waals surface area contributed by atoms with Gasteiger partial charge >= 0.3 is 5.97 Å². The molecular weight excluding hydrogens is 620 g/mol. The van der Waals surface area contributed by atoms with Gasteiger partial charge in [-0.3, -0.25) is 14.4 Å². The first-order chi connectivity index (χ1) is 22.6.